The van der Waals surface area contributed by atoms with Crippen LogP contribution in [0.25, 0.3) is 5.69 Å². The monoisotopic (exact) mass is 335 g/mol. The number of hydrogen-bond donors (Lipinski definition) is 1. The van der Waals surface area contributed by atoms with Crippen molar-refractivity contribution >= 4 is 11.6 Å². The Morgan fingerprint density at radius 3 is 2.64 bits per heavy atom. The van der Waals surface area contributed by atoms with Gasteiger partial charge in [-0.2, -0.15) is 0 Å². The maximum absolute atomic E-state index is 11.3. The highest BCUT2D eigenvalue weighted by Gasteiger charge is 2.16. The van der Waals surface area contributed by atoms with Gasteiger partial charge < -0.3 is 14.6 Å². The lowest BCUT2D eigenvalue weighted by atomic mass is 10.0. The Morgan fingerprint density at radius 2 is 1.96 bits per heavy atom. The summed E-state index contributed by atoms with van der Waals surface area (Å²) < 4.78 is 7.46. The summed E-state index contributed by atoms with van der Waals surface area (Å²) in [7, 11) is 1.59. The number of aromatic nitrogens is 2. The third kappa shape index (κ3) is 3.55. The van der Waals surface area contributed by atoms with Gasteiger partial charge in [0.05, 0.1) is 18.5 Å². The molecule has 0 saturated carbocycles. The van der Waals surface area contributed by atoms with E-state index in [1.54, 1.807) is 13.3 Å². The van der Waals surface area contributed by atoms with Crippen LogP contribution in [0.5, 0.6) is 5.75 Å². The average molecular weight is 335 g/mol. The Balaban J connectivity index is 1.98. The summed E-state index contributed by atoms with van der Waals surface area (Å²) in [6.45, 7) is 3.61. The summed E-state index contributed by atoms with van der Waals surface area (Å²) in [4.78, 5) is 15.9. The van der Waals surface area contributed by atoms with Crippen LogP contribution in [-0.4, -0.2) is 22.6 Å². The van der Waals surface area contributed by atoms with Crippen LogP contribution in [0, 0.1) is 0 Å². The molecule has 2 aromatic carbocycles. The second-order valence-electron chi connectivity index (χ2n) is 5.85. The van der Waals surface area contributed by atoms with Crippen molar-refractivity contribution < 1.29 is 9.53 Å². The van der Waals surface area contributed by atoms with Crippen LogP contribution >= 0.6 is 0 Å². The first kappa shape index (κ1) is 16.8. The number of rotatable bonds is 5. The second kappa shape index (κ2) is 7.21. The van der Waals surface area contributed by atoms with E-state index in [1.165, 1.54) is 12.5 Å². The maximum Gasteiger partial charge on any atom is 0.221 e. The second-order valence-corrected chi connectivity index (χ2v) is 5.85. The molecule has 0 bridgehead atoms. The fourth-order valence-electron chi connectivity index (χ4n) is 2.87. The van der Waals surface area contributed by atoms with Gasteiger partial charge in [0.2, 0.25) is 5.91 Å². The Kier molecular flexibility index (Phi) is 4.84. The van der Waals surface area contributed by atoms with Gasteiger partial charge in [-0.1, -0.05) is 37.3 Å². The third-order valence-corrected chi connectivity index (χ3v) is 4.13. The van der Waals surface area contributed by atoms with E-state index in [-0.39, 0.29) is 11.8 Å². The molecule has 25 heavy (non-hydrogen) atoms. The van der Waals surface area contributed by atoms with E-state index < -0.39 is 0 Å². The van der Waals surface area contributed by atoms with Gasteiger partial charge >= 0.3 is 0 Å². The zero-order chi connectivity index (χ0) is 17.8. The number of nitrogens with zero attached hydrogens (tertiary/aromatic N) is 2. The largest absolute Gasteiger partial charge is 0.494 e. The molecule has 0 saturated heterocycles. The van der Waals surface area contributed by atoms with Crippen LogP contribution in [0.1, 0.15) is 31.2 Å². The molecule has 128 valence electrons. The quantitative estimate of drug-likeness (QED) is 0.767. The lowest BCUT2D eigenvalue weighted by Crippen LogP contribution is -2.09. The minimum absolute atomic E-state index is 0.132. The minimum Gasteiger partial charge on any atom is -0.494 e. The first-order valence-electron chi connectivity index (χ1n) is 8.14. The van der Waals surface area contributed by atoms with E-state index in [0.29, 0.717) is 11.4 Å². The fourth-order valence-corrected chi connectivity index (χ4v) is 2.87. The molecule has 1 aromatic heterocycles. The molecule has 5 nitrogen and oxygen atoms in total. The number of benzene rings is 2. The molecule has 0 aliphatic rings. The number of ether oxygens (including phenoxy) is 1. The van der Waals surface area contributed by atoms with Crippen molar-refractivity contribution in [3.63, 3.8) is 0 Å². The van der Waals surface area contributed by atoms with Gasteiger partial charge in [-0.15, -0.1) is 0 Å². The highest BCUT2D eigenvalue weighted by Crippen LogP contribution is 2.30. The van der Waals surface area contributed by atoms with Crippen molar-refractivity contribution in [1.29, 1.82) is 0 Å². The average Bonchev–Trinajstić information content (AvgIpc) is 3.11. The van der Waals surface area contributed by atoms with Crippen LogP contribution in [0.2, 0.25) is 0 Å². The van der Waals surface area contributed by atoms with Crippen molar-refractivity contribution in [1.82, 2.24) is 9.55 Å². The molecule has 0 unspecified atom stereocenters. The molecule has 1 amide bonds. The summed E-state index contributed by atoms with van der Waals surface area (Å²) in [5.74, 6) is 1.57. The number of methoxy groups -OCH3 is 1. The maximum atomic E-state index is 11.3. The summed E-state index contributed by atoms with van der Waals surface area (Å²) in [5.41, 5.74) is 2.79. The van der Waals surface area contributed by atoms with E-state index >= 15 is 0 Å². The summed E-state index contributed by atoms with van der Waals surface area (Å²) in [6.07, 6.45) is 3.73. The summed E-state index contributed by atoms with van der Waals surface area (Å²) >= 11 is 0. The van der Waals surface area contributed by atoms with Crippen molar-refractivity contribution in [2.45, 2.75) is 19.8 Å². The Bertz CT molecular complexity index is 872. The first-order valence-corrected chi connectivity index (χ1v) is 8.14. The number of nitrogens with one attached hydrogen (secondary N) is 1. The van der Waals surface area contributed by atoms with Gasteiger partial charge in [-0.3, -0.25) is 4.79 Å². The molecule has 0 fully saturated rings. The predicted octanol–water partition coefficient (Wildman–Crippen LogP) is 3.99. The normalized spacial score (nSPS) is 11.8. The highest BCUT2D eigenvalue weighted by molar-refractivity contribution is 5.90. The molecular formula is C20H21N3O2. The number of amides is 1. The van der Waals surface area contributed by atoms with Crippen LogP contribution in [0.3, 0.4) is 0 Å². The van der Waals surface area contributed by atoms with Crippen LogP contribution < -0.4 is 10.1 Å². The van der Waals surface area contributed by atoms with Gasteiger partial charge in [-0.25, -0.2) is 4.98 Å². The molecule has 1 heterocycles. The standard InChI is InChI=1S/C20H21N3O2/c1-14(16-7-5-4-6-8-16)20-21-11-12-23(20)17-9-10-18(22-15(2)24)19(13-17)25-3/h4-14H,1-3H3,(H,22,24)/t14-/m0/s1. The SMILES string of the molecule is COc1cc(-n2ccnc2[C@@H](C)c2ccccc2)ccc1NC(C)=O. The number of hydrogen-bond acceptors (Lipinski definition) is 3. The lowest BCUT2D eigenvalue weighted by molar-refractivity contribution is -0.114. The smallest absolute Gasteiger partial charge is 0.221 e. The third-order valence-electron chi connectivity index (χ3n) is 4.13. The van der Waals surface area contributed by atoms with Crippen molar-refractivity contribution in [2.24, 2.45) is 0 Å². The van der Waals surface area contributed by atoms with E-state index in [0.717, 1.165) is 11.5 Å². The van der Waals surface area contributed by atoms with Crippen molar-refractivity contribution in [3.8, 4) is 11.4 Å². The molecule has 1 atom stereocenters. The molecule has 0 aliphatic carbocycles. The number of carbonyl (C=O) groups is 1. The van der Waals surface area contributed by atoms with Crippen molar-refractivity contribution in [3.05, 3.63) is 72.3 Å². The fraction of sp³-hybridized carbons (Fsp3) is 0.200. The number of imidazole rings is 1. The van der Waals surface area contributed by atoms with E-state index in [4.69, 9.17) is 4.74 Å². The van der Waals surface area contributed by atoms with Gasteiger partial charge in [0.25, 0.3) is 0 Å². The topological polar surface area (TPSA) is 56.1 Å². The number of anilines is 1. The summed E-state index contributed by atoms with van der Waals surface area (Å²) in [6, 6.07) is 16.0. The molecule has 3 aromatic rings. The first-order chi connectivity index (χ1) is 12.1. The molecule has 0 spiro atoms. The van der Waals surface area contributed by atoms with E-state index in [9.17, 15) is 4.79 Å². The van der Waals surface area contributed by atoms with Gasteiger partial charge in [0.15, 0.2) is 0 Å². The Hall–Kier alpha value is -3.08. The minimum atomic E-state index is -0.132. The van der Waals surface area contributed by atoms with Gasteiger partial charge in [0.1, 0.15) is 11.6 Å². The van der Waals surface area contributed by atoms with Gasteiger partial charge in [0, 0.05) is 31.3 Å². The highest BCUT2D eigenvalue weighted by atomic mass is 16.5. The van der Waals surface area contributed by atoms with Gasteiger partial charge in [-0.05, 0) is 17.7 Å². The van der Waals surface area contributed by atoms with Crippen LogP contribution in [0.15, 0.2) is 60.9 Å². The summed E-state index contributed by atoms with van der Waals surface area (Å²) in [5, 5.41) is 2.77. The number of carbonyl (C=O) groups excluding carboxylic acids is 1. The Labute approximate surface area is 147 Å². The van der Waals surface area contributed by atoms with E-state index in [2.05, 4.69) is 29.4 Å². The Morgan fingerprint density at radius 1 is 1.20 bits per heavy atom. The van der Waals surface area contributed by atoms with Crippen LogP contribution in [-0.2, 0) is 4.79 Å². The molecule has 1 N–H and O–H groups in total. The van der Waals surface area contributed by atoms with Crippen molar-refractivity contribution in [2.75, 3.05) is 12.4 Å². The molecule has 5 heteroatoms. The molecular weight excluding hydrogens is 314 g/mol. The zero-order valence-electron chi connectivity index (χ0n) is 14.6. The van der Waals surface area contributed by atoms with E-state index in [1.807, 2.05) is 47.2 Å². The molecule has 0 aliphatic heterocycles. The predicted molar refractivity (Wildman–Crippen MR) is 98.4 cm³/mol. The zero-order valence-corrected chi connectivity index (χ0v) is 14.6. The lowest BCUT2D eigenvalue weighted by Gasteiger charge is -2.16. The molecule has 0 radical (unpaired) electrons. The molecule has 3 rings (SSSR count). The van der Waals surface area contributed by atoms with Crippen LogP contribution in [0.4, 0.5) is 5.69 Å².